The SMILES string of the molecule is CCCCCNC(=O)N(C)c1cccc(-c2ccc(CC(OCC)C(=O)N3CCCCC3)cc2)n1. The summed E-state index contributed by atoms with van der Waals surface area (Å²) >= 11 is 0. The summed E-state index contributed by atoms with van der Waals surface area (Å²) in [6.07, 6.45) is 6.64. The molecule has 0 saturated carbocycles. The molecule has 1 aromatic heterocycles. The highest BCUT2D eigenvalue weighted by molar-refractivity contribution is 5.90. The molecule has 1 saturated heterocycles. The molecule has 7 heteroatoms. The van der Waals surface area contributed by atoms with Crippen molar-refractivity contribution in [2.45, 2.75) is 64.9 Å². The molecular weight excluding hydrogens is 440 g/mol. The number of hydrogen-bond acceptors (Lipinski definition) is 4. The van der Waals surface area contributed by atoms with Crippen LogP contribution in [-0.4, -0.2) is 61.2 Å². The normalized spacial score (nSPS) is 14.4. The van der Waals surface area contributed by atoms with E-state index >= 15 is 0 Å². The molecule has 190 valence electrons. The van der Waals surface area contributed by atoms with Gasteiger partial charge in [0.05, 0.1) is 5.69 Å². The van der Waals surface area contributed by atoms with Crippen molar-refractivity contribution in [3.8, 4) is 11.3 Å². The Labute approximate surface area is 209 Å². The Morgan fingerprint density at radius 2 is 1.80 bits per heavy atom. The standard InChI is InChI=1S/C28H40N4O3/c1-4-6-8-18-29-28(34)31(3)26-13-11-12-24(30-26)23-16-14-22(15-17-23)21-25(35-5-2)27(33)32-19-9-7-10-20-32/h11-17,25H,4-10,18-21H2,1-3H3,(H,29,34). The molecule has 0 spiro atoms. The third-order valence-corrected chi connectivity index (χ3v) is 6.42. The van der Waals surface area contributed by atoms with Crippen molar-refractivity contribution in [1.82, 2.24) is 15.2 Å². The lowest BCUT2D eigenvalue weighted by molar-refractivity contribution is -0.144. The number of piperidine rings is 1. The lowest BCUT2D eigenvalue weighted by atomic mass is 10.0. The molecular formula is C28H40N4O3. The van der Waals surface area contributed by atoms with Crippen molar-refractivity contribution in [3.05, 3.63) is 48.0 Å². The van der Waals surface area contributed by atoms with Gasteiger partial charge in [-0.2, -0.15) is 0 Å². The number of carbonyl (C=O) groups excluding carboxylic acids is 2. The Bertz CT molecular complexity index is 941. The number of urea groups is 1. The lowest BCUT2D eigenvalue weighted by Gasteiger charge is -2.30. The van der Waals surface area contributed by atoms with Gasteiger partial charge < -0.3 is 15.0 Å². The Kier molecular flexibility index (Phi) is 10.5. The van der Waals surface area contributed by atoms with E-state index in [9.17, 15) is 9.59 Å². The third-order valence-electron chi connectivity index (χ3n) is 6.42. The van der Waals surface area contributed by atoms with Crippen LogP contribution < -0.4 is 10.2 Å². The van der Waals surface area contributed by atoms with Gasteiger partial charge in [0.2, 0.25) is 0 Å². The Morgan fingerprint density at radius 1 is 1.06 bits per heavy atom. The first-order chi connectivity index (χ1) is 17.0. The van der Waals surface area contributed by atoms with E-state index in [-0.39, 0.29) is 11.9 Å². The maximum absolute atomic E-state index is 13.0. The molecule has 1 N–H and O–H groups in total. The molecule has 1 aromatic carbocycles. The minimum atomic E-state index is -0.449. The Hall–Kier alpha value is -2.93. The zero-order chi connectivity index (χ0) is 25.0. The Morgan fingerprint density at radius 3 is 2.49 bits per heavy atom. The van der Waals surface area contributed by atoms with Gasteiger partial charge in [-0.25, -0.2) is 9.78 Å². The second-order valence-corrected chi connectivity index (χ2v) is 9.11. The number of nitrogens with one attached hydrogen (secondary N) is 1. The zero-order valence-electron chi connectivity index (χ0n) is 21.5. The van der Waals surface area contributed by atoms with Crippen molar-refractivity contribution in [2.75, 3.05) is 38.2 Å². The minimum absolute atomic E-state index is 0.0982. The molecule has 1 aliphatic heterocycles. The van der Waals surface area contributed by atoms with E-state index in [0.717, 1.165) is 62.0 Å². The number of amides is 3. The topological polar surface area (TPSA) is 74.8 Å². The highest BCUT2D eigenvalue weighted by Gasteiger charge is 2.26. The van der Waals surface area contributed by atoms with E-state index in [1.165, 1.54) is 6.42 Å². The number of unbranched alkanes of at least 4 members (excludes halogenated alkanes) is 2. The summed E-state index contributed by atoms with van der Waals surface area (Å²) in [6, 6.07) is 13.6. The summed E-state index contributed by atoms with van der Waals surface area (Å²) < 4.78 is 5.83. The van der Waals surface area contributed by atoms with Crippen molar-refractivity contribution in [1.29, 1.82) is 0 Å². The van der Waals surface area contributed by atoms with Crippen LogP contribution in [0.25, 0.3) is 11.3 Å². The summed E-state index contributed by atoms with van der Waals surface area (Å²) in [6.45, 7) is 6.91. The van der Waals surface area contributed by atoms with Gasteiger partial charge in [-0.05, 0) is 50.3 Å². The maximum atomic E-state index is 13.0. The van der Waals surface area contributed by atoms with Crippen LogP contribution in [0.15, 0.2) is 42.5 Å². The number of pyridine rings is 1. The van der Waals surface area contributed by atoms with Crippen molar-refractivity contribution in [3.63, 3.8) is 0 Å². The van der Waals surface area contributed by atoms with Crippen LogP contribution in [0.1, 0.15) is 57.9 Å². The number of anilines is 1. The van der Waals surface area contributed by atoms with Crippen LogP contribution in [0.3, 0.4) is 0 Å². The molecule has 2 heterocycles. The fourth-order valence-electron chi connectivity index (χ4n) is 4.33. The van der Waals surface area contributed by atoms with Gasteiger partial charge >= 0.3 is 6.03 Å². The molecule has 0 radical (unpaired) electrons. The number of hydrogen-bond donors (Lipinski definition) is 1. The molecule has 1 atom stereocenters. The van der Waals surface area contributed by atoms with Crippen molar-refractivity contribution in [2.24, 2.45) is 0 Å². The van der Waals surface area contributed by atoms with Gasteiger partial charge in [0.25, 0.3) is 5.91 Å². The molecule has 0 aliphatic carbocycles. The maximum Gasteiger partial charge on any atom is 0.322 e. The fraction of sp³-hybridized carbons (Fsp3) is 0.536. The minimum Gasteiger partial charge on any atom is -0.368 e. The molecule has 35 heavy (non-hydrogen) atoms. The highest BCUT2D eigenvalue weighted by atomic mass is 16.5. The number of rotatable bonds is 11. The van der Waals surface area contributed by atoms with Gasteiger partial charge in [0.15, 0.2) is 0 Å². The molecule has 1 aliphatic rings. The summed E-state index contributed by atoms with van der Waals surface area (Å²) in [5, 5.41) is 2.95. The summed E-state index contributed by atoms with van der Waals surface area (Å²) in [7, 11) is 1.73. The van der Waals surface area contributed by atoms with E-state index in [0.29, 0.717) is 25.4 Å². The predicted molar refractivity (Wildman–Crippen MR) is 141 cm³/mol. The zero-order valence-corrected chi connectivity index (χ0v) is 21.5. The van der Waals surface area contributed by atoms with E-state index < -0.39 is 6.10 Å². The predicted octanol–water partition coefficient (Wildman–Crippen LogP) is 5.04. The van der Waals surface area contributed by atoms with E-state index in [1.807, 2.05) is 54.3 Å². The molecule has 0 bridgehead atoms. The molecule has 1 fully saturated rings. The highest BCUT2D eigenvalue weighted by Crippen LogP contribution is 2.22. The van der Waals surface area contributed by atoms with E-state index in [1.54, 1.807) is 11.9 Å². The fourth-order valence-corrected chi connectivity index (χ4v) is 4.33. The quantitative estimate of drug-likeness (QED) is 0.457. The van der Waals surface area contributed by atoms with Gasteiger partial charge in [-0.15, -0.1) is 0 Å². The van der Waals surface area contributed by atoms with Crippen LogP contribution >= 0.6 is 0 Å². The van der Waals surface area contributed by atoms with E-state index in [4.69, 9.17) is 9.72 Å². The van der Waals surface area contributed by atoms with Gasteiger partial charge in [-0.3, -0.25) is 9.69 Å². The Balaban J connectivity index is 1.64. The largest absolute Gasteiger partial charge is 0.368 e. The number of carbonyl (C=O) groups is 2. The molecule has 7 nitrogen and oxygen atoms in total. The van der Waals surface area contributed by atoms with Crippen LogP contribution in [-0.2, 0) is 16.0 Å². The van der Waals surface area contributed by atoms with Crippen molar-refractivity contribution >= 4 is 17.8 Å². The third kappa shape index (κ3) is 7.79. The first-order valence-corrected chi connectivity index (χ1v) is 13.0. The van der Waals surface area contributed by atoms with Crippen LogP contribution in [0, 0.1) is 0 Å². The van der Waals surface area contributed by atoms with Crippen LogP contribution in [0.4, 0.5) is 10.6 Å². The molecule has 1 unspecified atom stereocenters. The van der Waals surface area contributed by atoms with Crippen LogP contribution in [0.2, 0.25) is 0 Å². The summed E-state index contributed by atoms with van der Waals surface area (Å²) in [5.41, 5.74) is 2.81. The second-order valence-electron chi connectivity index (χ2n) is 9.11. The van der Waals surface area contributed by atoms with Gasteiger partial charge in [0.1, 0.15) is 11.9 Å². The van der Waals surface area contributed by atoms with E-state index in [2.05, 4.69) is 12.2 Å². The first-order valence-electron chi connectivity index (χ1n) is 13.0. The number of ether oxygens (including phenoxy) is 1. The van der Waals surface area contributed by atoms with Gasteiger partial charge in [-0.1, -0.05) is 50.1 Å². The average Bonchev–Trinajstić information content (AvgIpc) is 2.91. The number of likely N-dealkylation sites (tertiary alicyclic amines) is 1. The smallest absolute Gasteiger partial charge is 0.322 e. The molecule has 2 aromatic rings. The molecule has 3 amide bonds. The average molecular weight is 481 g/mol. The van der Waals surface area contributed by atoms with Gasteiger partial charge in [0, 0.05) is 45.3 Å². The van der Waals surface area contributed by atoms with Crippen LogP contribution in [0.5, 0.6) is 0 Å². The second kappa shape index (κ2) is 13.8. The lowest BCUT2D eigenvalue weighted by Crippen LogP contribution is -2.44. The molecule has 3 rings (SSSR count). The number of benzene rings is 1. The first kappa shape index (κ1) is 26.7. The monoisotopic (exact) mass is 480 g/mol. The number of nitrogens with zero attached hydrogens (tertiary/aromatic N) is 3. The summed E-state index contributed by atoms with van der Waals surface area (Å²) in [5.74, 6) is 0.698. The number of aromatic nitrogens is 1. The summed E-state index contributed by atoms with van der Waals surface area (Å²) in [4.78, 5) is 33.6. The van der Waals surface area contributed by atoms with Crippen molar-refractivity contribution < 1.29 is 14.3 Å².